The maximum Gasteiger partial charge on any atom is 0.410 e. The highest BCUT2D eigenvalue weighted by atomic mass is 16.6. The first kappa shape index (κ1) is 38.9. The predicted octanol–water partition coefficient (Wildman–Crippen LogP) is 8.29. The van der Waals surface area contributed by atoms with Gasteiger partial charge in [0.25, 0.3) is 0 Å². The quantitative estimate of drug-likeness (QED) is 0.137. The molecule has 10 nitrogen and oxygen atoms in total. The lowest BCUT2D eigenvalue weighted by Crippen LogP contribution is -2.55. The third kappa shape index (κ3) is 11.1. The number of hydrogen-bond donors (Lipinski definition) is 1. The molecule has 2 aromatic carbocycles. The minimum atomic E-state index is -0.485. The Labute approximate surface area is 320 Å². The Balaban J connectivity index is 0.000000187. The van der Waals surface area contributed by atoms with Crippen molar-refractivity contribution in [2.45, 2.75) is 83.4 Å². The summed E-state index contributed by atoms with van der Waals surface area (Å²) in [6, 6.07) is 24.7. The van der Waals surface area contributed by atoms with Crippen LogP contribution in [0.15, 0.2) is 97.6 Å². The number of likely N-dealkylation sites (tertiary alicyclic amines) is 1. The van der Waals surface area contributed by atoms with E-state index in [2.05, 4.69) is 27.4 Å². The number of pyridine rings is 2. The zero-order chi connectivity index (χ0) is 36.6. The summed E-state index contributed by atoms with van der Waals surface area (Å²) in [6.45, 7) is 10.1. The lowest BCUT2D eigenvalue weighted by molar-refractivity contribution is -0.0141. The minimum absolute atomic E-state index is 0. The maximum atomic E-state index is 12.2. The molecule has 4 aliphatic rings. The number of carbonyl (C=O) groups is 1. The van der Waals surface area contributed by atoms with E-state index in [4.69, 9.17) is 23.7 Å². The minimum Gasteiger partial charge on any atom is -0.493 e. The largest absolute Gasteiger partial charge is 0.493 e. The van der Waals surface area contributed by atoms with Gasteiger partial charge in [-0.25, -0.2) is 4.79 Å². The van der Waals surface area contributed by atoms with E-state index < -0.39 is 5.60 Å². The van der Waals surface area contributed by atoms with Crippen molar-refractivity contribution in [2.24, 2.45) is 11.8 Å². The summed E-state index contributed by atoms with van der Waals surface area (Å²) in [5.74, 6) is 5.60. The topological polar surface area (TPSA) is 104 Å². The number of aromatic nitrogens is 2. The van der Waals surface area contributed by atoms with Gasteiger partial charge >= 0.3 is 6.09 Å². The molecule has 0 spiro atoms. The average Bonchev–Trinajstić information content (AvgIpc) is 4.06. The molecule has 10 heteroatoms. The Hall–Kier alpha value is -4.83. The molecule has 54 heavy (non-hydrogen) atoms. The summed E-state index contributed by atoms with van der Waals surface area (Å²) in [7, 11) is 0. The molecule has 4 heterocycles. The lowest BCUT2D eigenvalue weighted by atomic mass is 10.1. The van der Waals surface area contributed by atoms with Gasteiger partial charge in [-0.15, -0.1) is 0 Å². The first-order chi connectivity index (χ1) is 25.8. The molecular weight excluding hydrogens is 681 g/mol. The van der Waals surface area contributed by atoms with Crippen LogP contribution < -0.4 is 24.3 Å². The van der Waals surface area contributed by atoms with Crippen molar-refractivity contribution in [3.63, 3.8) is 0 Å². The van der Waals surface area contributed by atoms with E-state index >= 15 is 0 Å². The van der Waals surface area contributed by atoms with Crippen LogP contribution >= 0.6 is 0 Å². The third-order valence-electron chi connectivity index (χ3n) is 10.2. The Morgan fingerprint density at radius 2 is 1.20 bits per heavy atom. The molecule has 1 amide bonds. The van der Waals surface area contributed by atoms with Crippen LogP contribution in [-0.4, -0.2) is 78.2 Å². The fraction of sp³-hybridized carbons (Fsp3) is 0.477. The van der Waals surface area contributed by atoms with Gasteiger partial charge in [0.1, 0.15) is 41.8 Å². The number of para-hydroxylation sites is 2. The highest BCUT2D eigenvalue weighted by Crippen LogP contribution is 2.49. The summed E-state index contributed by atoms with van der Waals surface area (Å²) in [4.78, 5) is 22.7. The molecule has 2 aliphatic carbocycles. The van der Waals surface area contributed by atoms with Crippen molar-refractivity contribution in [3.8, 4) is 23.0 Å². The molecule has 0 radical (unpaired) electrons. The smallest absolute Gasteiger partial charge is 0.410 e. The van der Waals surface area contributed by atoms with Crippen LogP contribution in [0.5, 0.6) is 23.0 Å². The van der Waals surface area contributed by atoms with Gasteiger partial charge in [0, 0.05) is 36.8 Å². The molecule has 8 rings (SSSR count). The van der Waals surface area contributed by atoms with Gasteiger partial charge in [-0.3, -0.25) is 9.97 Å². The van der Waals surface area contributed by atoms with Crippen LogP contribution in [0, 0.1) is 11.8 Å². The second-order valence-corrected chi connectivity index (χ2v) is 15.5. The van der Waals surface area contributed by atoms with Gasteiger partial charge in [0.05, 0.1) is 31.6 Å². The molecule has 2 aromatic heterocycles. The molecule has 4 fully saturated rings. The Morgan fingerprint density at radius 1 is 0.704 bits per heavy atom. The molecule has 0 unspecified atom stereocenters. The fourth-order valence-electron chi connectivity index (χ4n) is 6.61. The number of hydrogen-bond acceptors (Lipinski definition) is 9. The van der Waals surface area contributed by atoms with Gasteiger partial charge in [0.2, 0.25) is 0 Å². The highest BCUT2D eigenvalue weighted by molar-refractivity contribution is 5.69. The number of amides is 1. The van der Waals surface area contributed by atoms with Crippen molar-refractivity contribution in [1.82, 2.24) is 20.2 Å². The summed E-state index contributed by atoms with van der Waals surface area (Å²) >= 11 is 0. The van der Waals surface area contributed by atoms with Crippen LogP contribution in [0.1, 0.15) is 76.8 Å². The molecular formula is C44H56N4O6. The molecule has 2 saturated heterocycles. The number of carbonyl (C=O) groups excluding carboxylic acids is 1. The molecule has 1 N–H and O–H groups in total. The highest BCUT2D eigenvalue weighted by Gasteiger charge is 2.40. The number of nitrogens with zero attached hydrogens (tertiary/aromatic N) is 3. The lowest BCUT2D eigenvalue weighted by Gasteiger charge is -2.40. The molecule has 0 bridgehead atoms. The Bertz CT molecular complexity index is 1770. The molecule has 2 aliphatic heterocycles. The zero-order valence-corrected chi connectivity index (χ0v) is 31.1. The monoisotopic (exact) mass is 736 g/mol. The molecule has 288 valence electrons. The number of ether oxygens (including phenoxy) is 5. The van der Waals surface area contributed by atoms with E-state index in [1.807, 2.05) is 93.8 Å². The van der Waals surface area contributed by atoms with E-state index in [1.165, 1.54) is 24.0 Å². The molecule has 2 saturated carbocycles. The van der Waals surface area contributed by atoms with E-state index in [0.29, 0.717) is 49.5 Å². The molecule has 4 aromatic rings. The normalized spacial score (nSPS) is 23.5. The SMILES string of the molecule is C.CC(C)(C)OC(=O)N1CC[C@H]1COc1cncc([C@H]2C[C@@H]2COc2ccccc2)c1.c1ccc(OC[C@H]2C[C@@H]2c2cncc(OC[C@@H]3CCN3)c2)cc1. The molecule has 6 atom stereocenters. The van der Waals surface area contributed by atoms with Gasteiger partial charge in [0.15, 0.2) is 0 Å². The van der Waals surface area contributed by atoms with Crippen LogP contribution in [0.3, 0.4) is 0 Å². The van der Waals surface area contributed by atoms with E-state index in [-0.39, 0.29) is 19.6 Å². The van der Waals surface area contributed by atoms with Gasteiger partial charge < -0.3 is 33.9 Å². The summed E-state index contributed by atoms with van der Waals surface area (Å²) in [5.41, 5.74) is 1.97. The first-order valence-corrected chi connectivity index (χ1v) is 19.0. The van der Waals surface area contributed by atoms with Crippen molar-refractivity contribution >= 4 is 6.09 Å². The van der Waals surface area contributed by atoms with Crippen molar-refractivity contribution in [3.05, 3.63) is 109 Å². The van der Waals surface area contributed by atoms with Crippen LogP contribution in [0.4, 0.5) is 4.79 Å². The number of benzene rings is 2. The predicted molar refractivity (Wildman–Crippen MR) is 210 cm³/mol. The van der Waals surface area contributed by atoms with Gasteiger partial charge in [-0.1, -0.05) is 43.8 Å². The van der Waals surface area contributed by atoms with E-state index in [0.717, 1.165) is 55.6 Å². The van der Waals surface area contributed by atoms with Crippen LogP contribution in [-0.2, 0) is 4.74 Å². The zero-order valence-electron chi connectivity index (χ0n) is 31.1. The van der Waals surface area contributed by atoms with Crippen molar-refractivity contribution < 1.29 is 28.5 Å². The standard InChI is InChI=1S/C24H30N2O4.C19H22N2O2.CH4/c1-24(2,3)30-23(27)26-10-9-19(26)16-29-21-11-17(13-25-14-21)22-12-18(22)15-28-20-7-5-4-6-8-20;1-2-4-17(5-3-1)22-12-15-9-19(15)14-8-18(11-20-10-14)23-13-16-6-7-21-16;/h4-8,11,13-14,18-19,22H,9-10,12,15-16H2,1-3H3;1-5,8,10-11,15-16,19,21H,6-7,9,12-13H2;1H4/t18-,19+,22-;15-,16+,19-;/m11./s1. The Kier molecular flexibility index (Phi) is 13.0. The van der Waals surface area contributed by atoms with Crippen molar-refractivity contribution in [2.75, 3.05) is 39.5 Å². The summed E-state index contributed by atoms with van der Waals surface area (Å²) < 4.78 is 29.0. The maximum absolute atomic E-state index is 12.2. The number of nitrogens with one attached hydrogen (secondary N) is 1. The van der Waals surface area contributed by atoms with Gasteiger partial charge in [-0.2, -0.15) is 0 Å². The van der Waals surface area contributed by atoms with E-state index in [1.54, 1.807) is 17.3 Å². The third-order valence-corrected chi connectivity index (χ3v) is 10.2. The second kappa shape index (κ2) is 18.0. The summed E-state index contributed by atoms with van der Waals surface area (Å²) in [6.07, 6.45) is 11.5. The second-order valence-electron chi connectivity index (χ2n) is 15.5. The summed E-state index contributed by atoms with van der Waals surface area (Å²) in [5, 5.41) is 3.34. The van der Waals surface area contributed by atoms with E-state index in [9.17, 15) is 4.79 Å². The van der Waals surface area contributed by atoms with Crippen LogP contribution in [0.25, 0.3) is 0 Å². The van der Waals surface area contributed by atoms with Gasteiger partial charge in [-0.05, 0) is 112 Å². The van der Waals surface area contributed by atoms with Crippen LogP contribution in [0.2, 0.25) is 0 Å². The first-order valence-electron chi connectivity index (χ1n) is 19.0. The Morgan fingerprint density at radius 3 is 1.65 bits per heavy atom. The number of rotatable bonds is 14. The average molecular weight is 737 g/mol. The van der Waals surface area contributed by atoms with Crippen molar-refractivity contribution in [1.29, 1.82) is 0 Å². The fourth-order valence-corrected chi connectivity index (χ4v) is 6.61.